The molecule has 0 spiro atoms. The summed E-state index contributed by atoms with van der Waals surface area (Å²) in [5.74, 6) is 1.57. The maximum absolute atomic E-state index is 4.38. The molecule has 1 N–H and O–H groups in total. The largest absolute Gasteiger partial charge is 0.334 e. The number of aromatic nitrogens is 3. The Balaban J connectivity index is 1.79. The lowest BCUT2D eigenvalue weighted by molar-refractivity contribution is 0.562. The molecule has 2 heterocycles. The summed E-state index contributed by atoms with van der Waals surface area (Å²) in [6.45, 7) is 7.18. The van der Waals surface area contributed by atoms with Gasteiger partial charge in [0.25, 0.3) is 0 Å². The average molecular weight is 264 g/mol. The van der Waals surface area contributed by atoms with Crippen LogP contribution in [-0.4, -0.2) is 21.1 Å². The Morgan fingerprint density at radius 3 is 3.00 bits per heavy atom. The van der Waals surface area contributed by atoms with E-state index in [0.29, 0.717) is 5.92 Å². The summed E-state index contributed by atoms with van der Waals surface area (Å²) in [5, 5.41) is 6.68. The lowest BCUT2D eigenvalue weighted by Gasteiger charge is -2.11. The molecule has 18 heavy (non-hydrogen) atoms. The summed E-state index contributed by atoms with van der Waals surface area (Å²) in [4.78, 5) is 8.72. The summed E-state index contributed by atoms with van der Waals surface area (Å²) in [5.41, 5.74) is 0. The molecule has 0 aliphatic rings. The molecule has 0 saturated heterocycles. The van der Waals surface area contributed by atoms with Crippen molar-refractivity contribution in [2.45, 2.75) is 39.3 Å². The highest BCUT2D eigenvalue weighted by atomic mass is 32.1. The maximum Gasteiger partial charge on any atom is 0.122 e. The lowest BCUT2D eigenvalue weighted by atomic mass is 10.2. The fourth-order valence-electron chi connectivity index (χ4n) is 1.92. The van der Waals surface area contributed by atoms with Gasteiger partial charge in [0, 0.05) is 43.0 Å². The van der Waals surface area contributed by atoms with Crippen LogP contribution < -0.4 is 5.32 Å². The second-order valence-corrected chi connectivity index (χ2v) is 5.37. The maximum atomic E-state index is 4.38. The van der Waals surface area contributed by atoms with Crippen molar-refractivity contribution in [2.24, 2.45) is 0 Å². The third kappa shape index (κ3) is 3.40. The molecular formula is C13H20N4S. The number of nitrogens with one attached hydrogen (secondary N) is 1. The Bertz CT molecular complexity index is 449. The second kappa shape index (κ2) is 6.66. The molecule has 2 rings (SSSR count). The smallest absolute Gasteiger partial charge is 0.122 e. The SMILES string of the molecule is CCCn1ccnc1CNCC(C)c1nccs1. The second-order valence-electron chi connectivity index (χ2n) is 4.44. The molecule has 2 aromatic rings. The van der Waals surface area contributed by atoms with Crippen molar-refractivity contribution in [1.29, 1.82) is 0 Å². The molecule has 0 saturated carbocycles. The number of rotatable bonds is 7. The van der Waals surface area contributed by atoms with E-state index in [1.165, 1.54) is 5.01 Å². The van der Waals surface area contributed by atoms with Gasteiger partial charge in [-0.25, -0.2) is 9.97 Å². The van der Waals surface area contributed by atoms with Gasteiger partial charge in [0.2, 0.25) is 0 Å². The normalized spacial score (nSPS) is 12.8. The molecule has 0 aliphatic heterocycles. The summed E-state index contributed by atoms with van der Waals surface area (Å²) in [7, 11) is 0. The predicted octanol–water partition coefficient (Wildman–Crippen LogP) is 2.64. The van der Waals surface area contributed by atoms with E-state index in [1.54, 1.807) is 11.3 Å². The van der Waals surface area contributed by atoms with E-state index in [9.17, 15) is 0 Å². The topological polar surface area (TPSA) is 42.7 Å². The van der Waals surface area contributed by atoms with Crippen molar-refractivity contribution in [1.82, 2.24) is 19.9 Å². The minimum Gasteiger partial charge on any atom is -0.334 e. The van der Waals surface area contributed by atoms with Crippen LogP contribution >= 0.6 is 11.3 Å². The van der Waals surface area contributed by atoms with Crippen LogP contribution in [0, 0.1) is 0 Å². The van der Waals surface area contributed by atoms with Crippen LogP contribution in [0.4, 0.5) is 0 Å². The van der Waals surface area contributed by atoms with Crippen LogP contribution in [0.25, 0.3) is 0 Å². The summed E-state index contributed by atoms with van der Waals surface area (Å²) >= 11 is 1.72. The first-order valence-electron chi connectivity index (χ1n) is 6.41. The predicted molar refractivity (Wildman–Crippen MR) is 74.8 cm³/mol. The monoisotopic (exact) mass is 264 g/mol. The Hall–Kier alpha value is -1.20. The molecule has 1 unspecified atom stereocenters. The lowest BCUT2D eigenvalue weighted by Crippen LogP contribution is -2.21. The number of hydrogen-bond acceptors (Lipinski definition) is 4. The van der Waals surface area contributed by atoms with E-state index in [-0.39, 0.29) is 0 Å². The molecule has 0 radical (unpaired) electrons. The third-order valence-corrected chi connectivity index (χ3v) is 3.88. The van der Waals surface area contributed by atoms with Crippen LogP contribution in [0.15, 0.2) is 24.0 Å². The van der Waals surface area contributed by atoms with Crippen molar-refractivity contribution in [3.63, 3.8) is 0 Å². The zero-order valence-corrected chi connectivity index (χ0v) is 11.8. The molecule has 0 aliphatic carbocycles. The molecule has 0 amide bonds. The standard InChI is InChI=1S/C13H20N4S/c1-3-6-17-7-4-15-12(17)10-14-9-11(2)13-16-5-8-18-13/h4-5,7-8,11,14H,3,6,9-10H2,1-2H3. The molecule has 1 atom stereocenters. The van der Waals surface area contributed by atoms with E-state index in [1.807, 2.05) is 24.0 Å². The van der Waals surface area contributed by atoms with E-state index in [4.69, 9.17) is 0 Å². The number of imidazole rings is 1. The van der Waals surface area contributed by atoms with Crippen molar-refractivity contribution < 1.29 is 0 Å². The zero-order chi connectivity index (χ0) is 12.8. The van der Waals surface area contributed by atoms with Gasteiger partial charge in [-0.05, 0) is 6.42 Å². The zero-order valence-electron chi connectivity index (χ0n) is 11.0. The fraction of sp³-hybridized carbons (Fsp3) is 0.538. The van der Waals surface area contributed by atoms with Crippen molar-refractivity contribution >= 4 is 11.3 Å². The van der Waals surface area contributed by atoms with Crippen molar-refractivity contribution in [3.05, 3.63) is 34.8 Å². The van der Waals surface area contributed by atoms with Crippen LogP contribution in [0.2, 0.25) is 0 Å². The van der Waals surface area contributed by atoms with Crippen LogP contribution in [0.1, 0.15) is 37.0 Å². The van der Waals surface area contributed by atoms with E-state index >= 15 is 0 Å². The molecule has 0 bridgehead atoms. The summed E-state index contributed by atoms with van der Waals surface area (Å²) < 4.78 is 2.21. The van der Waals surface area contributed by atoms with E-state index < -0.39 is 0 Å². The van der Waals surface area contributed by atoms with Gasteiger partial charge < -0.3 is 9.88 Å². The first-order valence-corrected chi connectivity index (χ1v) is 7.29. The first-order chi connectivity index (χ1) is 8.81. The van der Waals surface area contributed by atoms with Crippen LogP contribution in [0.3, 0.4) is 0 Å². The molecule has 0 aromatic carbocycles. The Labute approximate surface area is 112 Å². The highest BCUT2D eigenvalue weighted by molar-refractivity contribution is 7.09. The number of thiazole rings is 1. The number of hydrogen-bond donors (Lipinski definition) is 1. The molecule has 4 nitrogen and oxygen atoms in total. The van der Waals surface area contributed by atoms with Crippen LogP contribution in [-0.2, 0) is 13.1 Å². The Kier molecular flexibility index (Phi) is 4.90. The quantitative estimate of drug-likeness (QED) is 0.836. The average Bonchev–Trinajstić information content (AvgIpc) is 3.01. The van der Waals surface area contributed by atoms with Gasteiger partial charge >= 0.3 is 0 Å². The minimum atomic E-state index is 0.458. The molecule has 98 valence electrons. The van der Waals surface area contributed by atoms with Gasteiger partial charge in [0.1, 0.15) is 5.82 Å². The number of aryl methyl sites for hydroxylation is 1. The minimum absolute atomic E-state index is 0.458. The summed E-state index contributed by atoms with van der Waals surface area (Å²) in [6.07, 6.45) is 6.92. The van der Waals surface area contributed by atoms with Crippen LogP contribution in [0.5, 0.6) is 0 Å². The van der Waals surface area contributed by atoms with Gasteiger partial charge in [-0.3, -0.25) is 0 Å². The molecule has 2 aromatic heterocycles. The van der Waals surface area contributed by atoms with Gasteiger partial charge in [0.15, 0.2) is 0 Å². The number of nitrogens with zero attached hydrogens (tertiary/aromatic N) is 3. The third-order valence-electron chi connectivity index (χ3n) is 2.87. The van der Waals surface area contributed by atoms with Crippen molar-refractivity contribution in [3.8, 4) is 0 Å². The molecule has 0 fully saturated rings. The van der Waals surface area contributed by atoms with Gasteiger partial charge in [-0.1, -0.05) is 13.8 Å². The van der Waals surface area contributed by atoms with E-state index in [2.05, 4.69) is 33.7 Å². The fourth-order valence-corrected chi connectivity index (χ4v) is 2.62. The highest BCUT2D eigenvalue weighted by Gasteiger charge is 2.08. The van der Waals surface area contributed by atoms with Crippen molar-refractivity contribution in [2.75, 3.05) is 6.54 Å². The molecular weight excluding hydrogens is 244 g/mol. The Morgan fingerprint density at radius 1 is 1.39 bits per heavy atom. The summed E-state index contributed by atoms with van der Waals surface area (Å²) in [6, 6.07) is 0. The Morgan fingerprint density at radius 2 is 2.28 bits per heavy atom. The van der Waals surface area contributed by atoms with Gasteiger partial charge in [-0.15, -0.1) is 11.3 Å². The van der Waals surface area contributed by atoms with Gasteiger partial charge in [-0.2, -0.15) is 0 Å². The van der Waals surface area contributed by atoms with Gasteiger partial charge in [0.05, 0.1) is 11.6 Å². The van der Waals surface area contributed by atoms with E-state index in [0.717, 1.165) is 31.9 Å². The first kappa shape index (κ1) is 13.2. The highest BCUT2D eigenvalue weighted by Crippen LogP contribution is 2.16. The molecule has 5 heteroatoms.